The van der Waals surface area contributed by atoms with E-state index in [9.17, 15) is 14.4 Å². The monoisotopic (exact) mass is 465 g/mol. The van der Waals surface area contributed by atoms with Crippen LogP contribution >= 0.6 is 11.6 Å². The van der Waals surface area contributed by atoms with Gasteiger partial charge in [0.05, 0.1) is 24.5 Å². The Bertz CT molecular complexity index is 882. The van der Waals surface area contributed by atoms with Gasteiger partial charge in [0.25, 0.3) is 12.4 Å². The van der Waals surface area contributed by atoms with Crippen LogP contribution in [0.2, 0.25) is 5.02 Å². The minimum atomic E-state index is -0.919. The van der Waals surface area contributed by atoms with E-state index in [0.29, 0.717) is 17.2 Å². The van der Waals surface area contributed by atoms with E-state index in [4.69, 9.17) is 25.8 Å². The first kappa shape index (κ1) is 25.1. The Labute approximate surface area is 192 Å². The van der Waals surface area contributed by atoms with Crippen molar-refractivity contribution in [3.8, 4) is 0 Å². The number of carbonyl (C=O) groups is 3. The number of halogens is 1. The van der Waals surface area contributed by atoms with Gasteiger partial charge in [0, 0.05) is 10.9 Å². The zero-order valence-corrected chi connectivity index (χ0v) is 19.3. The van der Waals surface area contributed by atoms with Crippen LogP contribution in [-0.4, -0.2) is 42.9 Å². The number of hydrogen-bond acceptors (Lipinski definition) is 8. The number of carbonyl (C=O) groups excluding carboxylic acids is 3. The molecule has 0 aliphatic carbocycles. The van der Waals surface area contributed by atoms with Gasteiger partial charge in [-0.05, 0) is 30.2 Å². The van der Waals surface area contributed by atoms with E-state index in [1.54, 1.807) is 24.3 Å². The zero-order chi connectivity index (χ0) is 23.8. The highest BCUT2D eigenvalue weighted by Crippen LogP contribution is 2.28. The Morgan fingerprint density at radius 1 is 1.28 bits per heavy atom. The molecule has 2 rings (SSSR count). The summed E-state index contributed by atoms with van der Waals surface area (Å²) < 4.78 is 15.6. The first-order valence-electron chi connectivity index (χ1n) is 10.1. The fourth-order valence-electron chi connectivity index (χ4n) is 2.85. The Hall–Kier alpha value is -3.20. The zero-order valence-electron chi connectivity index (χ0n) is 18.5. The summed E-state index contributed by atoms with van der Waals surface area (Å²) in [6, 6.07) is 6.78. The van der Waals surface area contributed by atoms with Crippen molar-refractivity contribution in [3.63, 3.8) is 0 Å². The molecular weight excluding hydrogens is 438 g/mol. The molecular formula is C22H28ClN3O6. The van der Waals surface area contributed by atoms with Crippen LogP contribution in [-0.2, 0) is 23.8 Å². The predicted octanol–water partition coefficient (Wildman–Crippen LogP) is 3.83. The summed E-state index contributed by atoms with van der Waals surface area (Å²) in [5, 5.41) is 4.58. The summed E-state index contributed by atoms with van der Waals surface area (Å²) in [4.78, 5) is 35.8. The highest BCUT2D eigenvalue weighted by molar-refractivity contribution is 6.30. The molecule has 0 saturated carbocycles. The van der Waals surface area contributed by atoms with Crippen LogP contribution < -0.4 is 10.7 Å². The fourth-order valence-corrected chi connectivity index (χ4v) is 2.98. The second kappa shape index (κ2) is 11.4. The molecule has 1 heterocycles. The maximum Gasteiger partial charge on any atom is 0.513 e. The van der Waals surface area contributed by atoms with Gasteiger partial charge in [0.1, 0.15) is 11.3 Å². The SMILES string of the molecule is C=C(C1=C(OC(=O)OCC(C)C)CNC1=O)N(Nc1ccc(Cl)cc1)C(OC=O)C(C)C. The Morgan fingerprint density at radius 2 is 1.94 bits per heavy atom. The molecule has 0 spiro atoms. The number of benzene rings is 1. The number of hydrogen-bond donors (Lipinski definition) is 2. The van der Waals surface area contributed by atoms with Crippen LogP contribution in [0.1, 0.15) is 27.7 Å². The van der Waals surface area contributed by atoms with Crippen LogP contribution in [0.4, 0.5) is 10.5 Å². The molecule has 1 atom stereocenters. The van der Waals surface area contributed by atoms with Crippen LogP contribution in [0.3, 0.4) is 0 Å². The van der Waals surface area contributed by atoms with Crippen molar-refractivity contribution in [2.24, 2.45) is 11.8 Å². The predicted molar refractivity (Wildman–Crippen MR) is 119 cm³/mol. The smallest absolute Gasteiger partial charge is 0.442 e. The normalized spacial score (nSPS) is 14.2. The van der Waals surface area contributed by atoms with E-state index in [2.05, 4.69) is 17.3 Å². The highest BCUT2D eigenvalue weighted by Gasteiger charge is 2.35. The molecule has 0 saturated heterocycles. The molecule has 174 valence electrons. The topological polar surface area (TPSA) is 106 Å². The number of anilines is 1. The molecule has 1 aromatic carbocycles. The molecule has 0 radical (unpaired) electrons. The molecule has 1 aliphatic heterocycles. The summed E-state index contributed by atoms with van der Waals surface area (Å²) in [5.74, 6) is -0.494. The van der Waals surface area contributed by atoms with Crippen LogP contribution in [0.5, 0.6) is 0 Å². The third-order valence-electron chi connectivity index (χ3n) is 4.35. The second-order valence-corrected chi connectivity index (χ2v) is 8.28. The van der Waals surface area contributed by atoms with Gasteiger partial charge >= 0.3 is 6.16 Å². The summed E-state index contributed by atoms with van der Waals surface area (Å²) in [7, 11) is 0. The summed E-state index contributed by atoms with van der Waals surface area (Å²) >= 11 is 5.96. The maximum atomic E-state index is 12.6. The van der Waals surface area contributed by atoms with E-state index >= 15 is 0 Å². The number of hydrazine groups is 1. The van der Waals surface area contributed by atoms with Crippen LogP contribution in [0.15, 0.2) is 47.9 Å². The fraction of sp³-hybridized carbons (Fsp3) is 0.409. The van der Waals surface area contributed by atoms with Gasteiger partial charge in [-0.3, -0.25) is 15.0 Å². The maximum absolute atomic E-state index is 12.6. The highest BCUT2D eigenvalue weighted by atomic mass is 35.5. The lowest BCUT2D eigenvalue weighted by Crippen LogP contribution is -2.45. The van der Waals surface area contributed by atoms with Crippen LogP contribution in [0, 0.1) is 11.8 Å². The summed E-state index contributed by atoms with van der Waals surface area (Å²) in [6.07, 6.45) is -1.75. The van der Waals surface area contributed by atoms with Crippen molar-refractivity contribution >= 4 is 35.8 Å². The van der Waals surface area contributed by atoms with E-state index < -0.39 is 18.3 Å². The van der Waals surface area contributed by atoms with Gasteiger partial charge in [-0.1, -0.05) is 45.9 Å². The molecule has 2 N–H and O–H groups in total. The Balaban J connectivity index is 2.37. The van der Waals surface area contributed by atoms with E-state index in [-0.39, 0.29) is 42.0 Å². The number of amides is 1. The van der Waals surface area contributed by atoms with Crippen molar-refractivity contribution in [3.05, 3.63) is 52.9 Å². The van der Waals surface area contributed by atoms with Crippen molar-refractivity contribution < 1.29 is 28.6 Å². The van der Waals surface area contributed by atoms with E-state index in [1.807, 2.05) is 27.7 Å². The second-order valence-electron chi connectivity index (χ2n) is 7.84. The van der Waals surface area contributed by atoms with E-state index in [1.165, 1.54) is 5.01 Å². The minimum Gasteiger partial charge on any atom is -0.442 e. The van der Waals surface area contributed by atoms with Crippen LogP contribution in [0.25, 0.3) is 0 Å². The molecule has 1 unspecified atom stereocenters. The number of rotatable bonds is 11. The lowest BCUT2D eigenvalue weighted by molar-refractivity contribution is -0.144. The van der Waals surface area contributed by atoms with Gasteiger partial charge in [0.15, 0.2) is 6.23 Å². The average molecular weight is 466 g/mol. The van der Waals surface area contributed by atoms with Crippen molar-refractivity contribution in [2.75, 3.05) is 18.6 Å². The van der Waals surface area contributed by atoms with Gasteiger partial charge in [-0.15, -0.1) is 0 Å². The lowest BCUT2D eigenvalue weighted by atomic mass is 10.1. The quantitative estimate of drug-likeness (QED) is 0.220. The molecule has 0 aromatic heterocycles. The lowest BCUT2D eigenvalue weighted by Gasteiger charge is -2.36. The van der Waals surface area contributed by atoms with Crippen molar-refractivity contribution in [1.29, 1.82) is 0 Å². The number of ether oxygens (including phenoxy) is 3. The molecule has 1 aromatic rings. The largest absolute Gasteiger partial charge is 0.513 e. The molecule has 0 bridgehead atoms. The molecule has 1 aliphatic rings. The molecule has 1 amide bonds. The molecule has 0 fully saturated rings. The third-order valence-corrected chi connectivity index (χ3v) is 4.60. The first-order chi connectivity index (χ1) is 15.1. The Morgan fingerprint density at radius 3 is 2.50 bits per heavy atom. The first-order valence-corrected chi connectivity index (χ1v) is 10.5. The van der Waals surface area contributed by atoms with Gasteiger partial charge in [0.2, 0.25) is 0 Å². The Kier molecular flexibility index (Phi) is 8.95. The van der Waals surface area contributed by atoms with Crippen molar-refractivity contribution in [1.82, 2.24) is 10.3 Å². The summed E-state index contributed by atoms with van der Waals surface area (Å²) in [5.41, 5.74) is 3.87. The number of nitrogens with one attached hydrogen (secondary N) is 2. The third kappa shape index (κ3) is 6.65. The van der Waals surface area contributed by atoms with Gasteiger partial charge in [-0.25, -0.2) is 9.80 Å². The molecule has 10 heteroatoms. The summed E-state index contributed by atoms with van der Waals surface area (Å²) in [6.45, 7) is 11.9. The van der Waals surface area contributed by atoms with Gasteiger partial charge in [-0.2, -0.15) is 0 Å². The van der Waals surface area contributed by atoms with Crippen molar-refractivity contribution in [2.45, 2.75) is 33.9 Å². The van der Waals surface area contributed by atoms with Gasteiger partial charge < -0.3 is 19.5 Å². The standard InChI is InChI=1S/C22H28ClN3O6/c1-13(2)11-30-22(29)32-18-10-24-20(28)19(18)15(5)26(21(14(3)4)31-12-27)25-17-8-6-16(23)7-9-17/h6-9,12-14,21,25H,5,10-11H2,1-4H3,(H,24,28). The minimum absolute atomic E-state index is 0.0143. The molecule has 32 heavy (non-hydrogen) atoms. The molecule has 9 nitrogen and oxygen atoms in total. The van der Waals surface area contributed by atoms with E-state index in [0.717, 1.165) is 0 Å². The average Bonchev–Trinajstić information content (AvgIpc) is 3.09. The number of nitrogens with zero attached hydrogens (tertiary/aromatic N) is 1.